The molecule has 6 nitrogen and oxygen atoms in total. The smallest absolute Gasteiger partial charge is 0.219 e. The lowest BCUT2D eigenvalue weighted by Gasteiger charge is -2.61. The molecular formula is C18H32N4O2. The summed E-state index contributed by atoms with van der Waals surface area (Å²) in [5.41, 5.74) is 0.339. The number of ether oxygens (including phenoxy) is 1. The average Bonchev–Trinajstić information content (AvgIpc) is 2.51. The van der Waals surface area contributed by atoms with Crippen molar-refractivity contribution in [3.8, 4) is 0 Å². The van der Waals surface area contributed by atoms with E-state index in [0.717, 1.165) is 44.9 Å². The zero-order valence-electron chi connectivity index (χ0n) is 15.3. The van der Waals surface area contributed by atoms with Gasteiger partial charge in [-0.1, -0.05) is 6.42 Å². The summed E-state index contributed by atoms with van der Waals surface area (Å²) < 4.78 is 5.93. The molecule has 136 valence electrons. The third-order valence-electron chi connectivity index (χ3n) is 6.25. The highest BCUT2D eigenvalue weighted by Crippen LogP contribution is 2.57. The van der Waals surface area contributed by atoms with E-state index in [2.05, 4.69) is 22.5 Å². The van der Waals surface area contributed by atoms with Gasteiger partial charge >= 0.3 is 0 Å². The fourth-order valence-corrected chi connectivity index (χ4v) is 4.51. The van der Waals surface area contributed by atoms with E-state index in [4.69, 9.17) is 4.74 Å². The number of aliphatic imine (C=N–C) groups is 1. The van der Waals surface area contributed by atoms with Gasteiger partial charge in [0.15, 0.2) is 5.96 Å². The Bertz CT molecular complexity index is 481. The van der Waals surface area contributed by atoms with Gasteiger partial charge in [0.1, 0.15) is 0 Å². The van der Waals surface area contributed by atoms with Crippen LogP contribution in [0, 0.1) is 5.41 Å². The summed E-state index contributed by atoms with van der Waals surface area (Å²) in [5.74, 6) is 1.09. The molecule has 3 fully saturated rings. The molecule has 2 unspecified atom stereocenters. The van der Waals surface area contributed by atoms with E-state index >= 15 is 0 Å². The maximum Gasteiger partial charge on any atom is 0.219 e. The molecule has 2 saturated carbocycles. The third kappa shape index (κ3) is 3.25. The molecule has 2 aliphatic carbocycles. The number of hydrogen-bond donors (Lipinski definition) is 2. The Morgan fingerprint density at radius 1 is 1.29 bits per heavy atom. The first-order valence-electron chi connectivity index (χ1n) is 9.46. The standard InChI is InChI=1S/C18H32N4O2/c1-4-24-16-12-15(18(16)8-5-9-18)21-17(19-3)20-14-6-10-22(11-7-14)13(2)23/h14-16H,4-12H2,1-3H3,(H2,19,20,21). The van der Waals surface area contributed by atoms with Crippen molar-refractivity contribution in [2.45, 2.75) is 70.6 Å². The van der Waals surface area contributed by atoms with Crippen LogP contribution in [-0.4, -0.2) is 61.7 Å². The molecule has 2 N–H and O–H groups in total. The number of nitrogens with zero attached hydrogens (tertiary/aromatic N) is 2. The Kier molecular flexibility index (Phi) is 5.33. The molecule has 1 amide bonds. The van der Waals surface area contributed by atoms with Crippen LogP contribution in [0.25, 0.3) is 0 Å². The van der Waals surface area contributed by atoms with Crippen LogP contribution in [0.4, 0.5) is 0 Å². The minimum absolute atomic E-state index is 0.180. The quantitative estimate of drug-likeness (QED) is 0.603. The number of rotatable bonds is 4. The minimum Gasteiger partial charge on any atom is -0.378 e. The summed E-state index contributed by atoms with van der Waals surface area (Å²) in [7, 11) is 1.84. The Hall–Kier alpha value is -1.30. The molecule has 0 bridgehead atoms. The summed E-state index contributed by atoms with van der Waals surface area (Å²) in [6.45, 7) is 6.22. The van der Waals surface area contributed by atoms with Crippen LogP contribution in [0.5, 0.6) is 0 Å². The van der Waals surface area contributed by atoms with Gasteiger partial charge in [-0.25, -0.2) is 0 Å². The molecule has 1 saturated heterocycles. The van der Waals surface area contributed by atoms with Gasteiger partial charge in [0.05, 0.1) is 6.10 Å². The zero-order chi connectivity index (χ0) is 17.2. The summed E-state index contributed by atoms with van der Waals surface area (Å²) >= 11 is 0. The number of hydrogen-bond acceptors (Lipinski definition) is 3. The van der Waals surface area contributed by atoms with Gasteiger partial charge in [0.2, 0.25) is 5.91 Å². The van der Waals surface area contributed by atoms with Crippen molar-refractivity contribution in [2.24, 2.45) is 10.4 Å². The van der Waals surface area contributed by atoms with Crippen molar-refractivity contribution in [1.82, 2.24) is 15.5 Å². The first-order valence-corrected chi connectivity index (χ1v) is 9.46. The van der Waals surface area contributed by atoms with Crippen LogP contribution in [0.3, 0.4) is 0 Å². The number of amides is 1. The van der Waals surface area contributed by atoms with Gasteiger partial charge in [-0.05, 0) is 39.0 Å². The van der Waals surface area contributed by atoms with E-state index in [9.17, 15) is 4.79 Å². The van der Waals surface area contributed by atoms with Gasteiger partial charge in [-0.3, -0.25) is 9.79 Å². The predicted molar refractivity (Wildman–Crippen MR) is 95.0 cm³/mol. The summed E-state index contributed by atoms with van der Waals surface area (Å²) in [5, 5.41) is 7.20. The number of carbonyl (C=O) groups is 1. The van der Waals surface area contributed by atoms with E-state index in [1.54, 1.807) is 6.92 Å². The molecule has 2 atom stereocenters. The van der Waals surface area contributed by atoms with Crippen molar-refractivity contribution < 1.29 is 9.53 Å². The second kappa shape index (κ2) is 7.30. The Morgan fingerprint density at radius 3 is 2.50 bits per heavy atom. The van der Waals surface area contributed by atoms with Gasteiger partial charge in [-0.2, -0.15) is 0 Å². The molecule has 3 aliphatic rings. The number of guanidine groups is 1. The SMILES string of the molecule is CCOC1CC(NC(=NC)NC2CCN(C(C)=O)CC2)C12CCC2. The normalized spacial score (nSPS) is 29.8. The summed E-state index contributed by atoms with van der Waals surface area (Å²) in [6, 6.07) is 0.873. The van der Waals surface area contributed by atoms with Crippen molar-refractivity contribution in [3.05, 3.63) is 0 Å². The topological polar surface area (TPSA) is 66.0 Å². The number of likely N-dealkylation sites (tertiary alicyclic amines) is 1. The van der Waals surface area contributed by atoms with Crippen molar-refractivity contribution in [2.75, 3.05) is 26.7 Å². The fraction of sp³-hybridized carbons (Fsp3) is 0.889. The maximum atomic E-state index is 11.4. The van der Waals surface area contributed by atoms with Crippen LogP contribution in [0.1, 0.15) is 52.4 Å². The van der Waals surface area contributed by atoms with E-state index in [1.807, 2.05) is 11.9 Å². The van der Waals surface area contributed by atoms with Crippen LogP contribution in [-0.2, 0) is 9.53 Å². The fourth-order valence-electron chi connectivity index (χ4n) is 4.51. The van der Waals surface area contributed by atoms with Crippen molar-refractivity contribution in [3.63, 3.8) is 0 Å². The molecule has 0 aromatic heterocycles. The second-order valence-corrected chi connectivity index (χ2v) is 7.46. The largest absolute Gasteiger partial charge is 0.378 e. The molecule has 24 heavy (non-hydrogen) atoms. The lowest BCUT2D eigenvalue weighted by molar-refractivity contribution is -0.168. The lowest BCUT2D eigenvalue weighted by Crippen LogP contribution is -2.69. The predicted octanol–water partition coefficient (Wildman–Crippen LogP) is 1.51. The van der Waals surface area contributed by atoms with Crippen LogP contribution in [0.15, 0.2) is 4.99 Å². The number of carbonyl (C=O) groups excluding carboxylic acids is 1. The van der Waals surface area contributed by atoms with E-state index in [-0.39, 0.29) is 5.91 Å². The first-order chi connectivity index (χ1) is 11.6. The van der Waals surface area contributed by atoms with E-state index < -0.39 is 0 Å². The lowest BCUT2D eigenvalue weighted by atomic mass is 9.51. The number of nitrogens with one attached hydrogen (secondary N) is 2. The molecule has 1 spiro atoms. The highest BCUT2D eigenvalue weighted by atomic mass is 16.5. The van der Waals surface area contributed by atoms with E-state index in [0.29, 0.717) is 23.6 Å². The van der Waals surface area contributed by atoms with Crippen molar-refractivity contribution in [1.29, 1.82) is 0 Å². The molecular weight excluding hydrogens is 304 g/mol. The zero-order valence-corrected chi connectivity index (χ0v) is 15.3. The Morgan fingerprint density at radius 2 is 2.00 bits per heavy atom. The maximum absolute atomic E-state index is 11.4. The molecule has 0 aromatic carbocycles. The highest BCUT2D eigenvalue weighted by Gasteiger charge is 2.59. The molecule has 3 rings (SSSR count). The van der Waals surface area contributed by atoms with Crippen LogP contribution < -0.4 is 10.6 Å². The Labute approximate surface area is 145 Å². The van der Waals surface area contributed by atoms with Crippen LogP contribution >= 0.6 is 0 Å². The molecule has 0 aromatic rings. The van der Waals surface area contributed by atoms with E-state index in [1.165, 1.54) is 19.3 Å². The van der Waals surface area contributed by atoms with Crippen LogP contribution in [0.2, 0.25) is 0 Å². The third-order valence-corrected chi connectivity index (χ3v) is 6.25. The molecule has 1 aliphatic heterocycles. The van der Waals surface area contributed by atoms with Crippen molar-refractivity contribution >= 4 is 11.9 Å². The Balaban J connectivity index is 1.49. The summed E-state index contributed by atoms with van der Waals surface area (Å²) in [4.78, 5) is 17.8. The van der Waals surface area contributed by atoms with Gasteiger partial charge in [0, 0.05) is 51.2 Å². The van der Waals surface area contributed by atoms with Gasteiger partial charge in [0.25, 0.3) is 0 Å². The van der Waals surface area contributed by atoms with Gasteiger partial charge < -0.3 is 20.3 Å². The molecule has 6 heteroatoms. The monoisotopic (exact) mass is 336 g/mol. The molecule has 0 radical (unpaired) electrons. The summed E-state index contributed by atoms with van der Waals surface area (Å²) in [6.07, 6.45) is 7.32. The molecule has 1 heterocycles. The minimum atomic E-state index is 0.180. The average molecular weight is 336 g/mol. The second-order valence-electron chi connectivity index (χ2n) is 7.46. The van der Waals surface area contributed by atoms with Gasteiger partial charge in [-0.15, -0.1) is 0 Å². The first kappa shape index (κ1) is 17.5. The highest BCUT2D eigenvalue weighted by molar-refractivity contribution is 5.80. The number of piperidine rings is 1.